The normalized spacial score (nSPS) is 12.0. The molecule has 1 aromatic carbocycles. The molecular weight excluding hydrogens is 346 g/mol. The molecule has 27 heavy (non-hydrogen) atoms. The third kappa shape index (κ3) is 3.67. The first kappa shape index (κ1) is 18.6. The van der Waals surface area contributed by atoms with Crippen LogP contribution in [-0.2, 0) is 4.74 Å². The number of H-pyrrole nitrogens is 1. The van der Waals surface area contributed by atoms with Crippen LogP contribution in [0.1, 0.15) is 63.5 Å². The number of hydrogen-bond acceptors (Lipinski definition) is 6. The summed E-state index contributed by atoms with van der Waals surface area (Å²) in [6.07, 6.45) is -0.729. The lowest BCUT2D eigenvalue weighted by atomic mass is 10.1. The van der Waals surface area contributed by atoms with Gasteiger partial charge in [0.2, 0.25) is 5.89 Å². The molecule has 0 aliphatic rings. The van der Waals surface area contributed by atoms with E-state index >= 15 is 0 Å². The maximum absolute atomic E-state index is 12.5. The summed E-state index contributed by atoms with van der Waals surface area (Å²) in [5.41, 5.74) is 3.89. The van der Waals surface area contributed by atoms with E-state index in [2.05, 4.69) is 15.2 Å². The maximum Gasteiger partial charge on any atom is 0.355 e. The Morgan fingerprint density at radius 3 is 2.37 bits per heavy atom. The molecule has 1 atom stereocenters. The van der Waals surface area contributed by atoms with E-state index in [0.717, 1.165) is 11.1 Å². The summed E-state index contributed by atoms with van der Waals surface area (Å²) in [6.45, 7) is 8.57. The van der Waals surface area contributed by atoms with Crippen LogP contribution in [0.4, 0.5) is 0 Å². The van der Waals surface area contributed by atoms with Crippen LogP contribution >= 0.6 is 0 Å². The molecule has 3 aromatic rings. The molecule has 0 radical (unpaired) electrons. The van der Waals surface area contributed by atoms with Gasteiger partial charge in [0.1, 0.15) is 5.69 Å². The SMILES string of the molecule is CC(=O)c1c(C)[nH]c(C(=O)OC(C)c2nnc(-c3ccc(C)cc3)o2)c1C. The van der Waals surface area contributed by atoms with Gasteiger partial charge in [-0.25, -0.2) is 4.79 Å². The number of ether oxygens (including phenoxy) is 1. The zero-order valence-corrected chi connectivity index (χ0v) is 15.9. The van der Waals surface area contributed by atoms with Gasteiger partial charge < -0.3 is 14.1 Å². The van der Waals surface area contributed by atoms with E-state index in [-0.39, 0.29) is 17.4 Å². The highest BCUT2D eigenvalue weighted by atomic mass is 16.6. The van der Waals surface area contributed by atoms with Gasteiger partial charge in [-0.15, -0.1) is 10.2 Å². The Morgan fingerprint density at radius 1 is 1.11 bits per heavy atom. The molecule has 2 aromatic heterocycles. The maximum atomic E-state index is 12.5. The zero-order valence-electron chi connectivity index (χ0n) is 15.9. The number of aryl methyl sites for hydroxylation is 2. The second-order valence-electron chi connectivity index (χ2n) is 6.54. The topological polar surface area (TPSA) is 98.1 Å². The first-order valence-corrected chi connectivity index (χ1v) is 8.59. The van der Waals surface area contributed by atoms with Crippen molar-refractivity contribution in [2.24, 2.45) is 0 Å². The molecule has 0 bridgehead atoms. The van der Waals surface area contributed by atoms with Crippen molar-refractivity contribution in [3.05, 3.63) is 58.2 Å². The van der Waals surface area contributed by atoms with Crippen molar-refractivity contribution in [3.63, 3.8) is 0 Å². The van der Waals surface area contributed by atoms with Crippen LogP contribution in [0.25, 0.3) is 11.5 Å². The molecule has 0 spiro atoms. The van der Waals surface area contributed by atoms with E-state index in [1.807, 2.05) is 31.2 Å². The molecule has 0 aliphatic heterocycles. The largest absolute Gasteiger partial charge is 0.448 e. The van der Waals surface area contributed by atoms with E-state index in [1.54, 1.807) is 20.8 Å². The van der Waals surface area contributed by atoms with Crippen LogP contribution in [0, 0.1) is 20.8 Å². The smallest absolute Gasteiger partial charge is 0.355 e. The first-order valence-electron chi connectivity index (χ1n) is 8.59. The average molecular weight is 367 g/mol. The molecule has 0 amide bonds. The fraction of sp³-hybridized carbons (Fsp3) is 0.300. The lowest BCUT2D eigenvalue weighted by Gasteiger charge is -2.09. The van der Waals surface area contributed by atoms with Gasteiger partial charge in [0, 0.05) is 16.8 Å². The third-order valence-corrected chi connectivity index (χ3v) is 4.36. The zero-order chi connectivity index (χ0) is 19.7. The second-order valence-corrected chi connectivity index (χ2v) is 6.54. The van der Waals surface area contributed by atoms with Crippen molar-refractivity contribution in [2.45, 2.75) is 40.7 Å². The van der Waals surface area contributed by atoms with E-state index in [0.29, 0.717) is 22.7 Å². The van der Waals surface area contributed by atoms with Crippen LogP contribution in [-0.4, -0.2) is 26.9 Å². The second kappa shape index (κ2) is 7.19. The number of hydrogen-bond donors (Lipinski definition) is 1. The van der Waals surface area contributed by atoms with Crippen molar-refractivity contribution >= 4 is 11.8 Å². The van der Waals surface area contributed by atoms with E-state index in [9.17, 15) is 9.59 Å². The molecule has 0 fully saturated rings. The molecule has 7 heteroatoms. The number of carbonyl (C=O) groups is 2. The molecule has 2 heterocycles. The predicted octanol–water partition coefficient (Wildman–Crippen LogP) is 4.11. The van der Waals surface area contributed by atoms with Gasteiger partial charge in [-0.3, -0.25) is 4.79 Å². The van der Waals surface area contributed by atoms with Gasteiger partial charge in [0.15, 0.2) is 11.9 Å². The monoisotopic (exact) mass is 367 g/mol. The Hall–Kier alpha value is -3.22. The number of carbonyl (C=O) groups excluding carboxylic acids is 2. The van der Waals surface area contributed by atoms with E-state index < -0.39 is 12.1 Å². The molecule has 140 valence electrons. The number of Topliss-reactive ketones (excluding diaryl/α,β-unsaturated/α-hetero) is 1. The van der Waals surface area contributed by atoms with Crippen molar-refractivity contribution < 1.29 is 18.7 Å². The highest BCUT2D eigenvalue weighted by Gasteiger charge is 2.25. The molecule has 0 saturated carbocycles. The van der Waals surface area contributed by atoms with Gasteiger partial charge in [0.05, 0.1) is 0 Å². The third-order valence-electron chi connectivity index (χ3n) is 4.36. The molecule has 0 aliphatic carbocycles. The number of esters is 1. The Morgan fingerprint density at radius 2 is 1.78 bits per heavy atom. The number of ketones is 1. The van der Waals surface area contributed by atoms with Crippen LogP contribution in [0.5, 0.6) is 0 Å². The minimum Gasteiger partial charge on any atom is -0.448 e. The van der Waals surface area contributed by atoms with E-state index in [1.165, 1.54) is 6.92 Å². The number of aromatic nitrogens is 3. The molecule has 0 saturated heterocycles. The fourth-order valence-electron chi connectivity index (χ4n) is 2.96. The highest BCUT2D eigenvalue weighted by molar-refractivity contribution is 6.01. The summed E-state index contributed by atoms with van der Waals surface area (Å²) in [7, 11) is 0. The van der Waals surface area contributed by atoms with Crippen molar-refractivity contribution in [1.29, 1.82) is 0 Å². The predicted molar refractivity (Wildman–Crippen MR) is 98.6 cm³/mol. The minimum atomic E-state index is -0.729. The lowest BCUT2D eigenvalue weighted by Crippen LogP contribution is -2.11. The molecule has 7 nitrogen and oxygen atoms in total. The van der Waals surface area contributed by atoms with Crippen LogP contribution in [0.2, 0.25) is 0 Å². The summed E-state index contributed by atoms with van der Waals surface area (Å²) >= 11 is 0. The lowest BCUT2D eigenvalue weighted by molar-refractivity contribution is 0.0272. The Balaban J connectivity index is 1.77. The number of rotatable bonds is 5. The van der Waals surface area contributed by atoms with Gasteiger partial charge in [0.25, 0.3) is 5.89 Å². The van der Waals surface area contributed by atoms with Gasteiger partial charge in [-0.2, -0.15) is 0 Å². The molecule has 3 rings (SSSR count). The summed E-state index contributed by atoms with van der Waals surface area (Å²) < 4.78 is 11.1. The van der Waals surface area contributed by atoms with Crippen molar-refractivity contribution in [3.8, 4) is 11.5 Å². The number of nitrogens with zero attached hydrogens (tertiary/aromatic N) is 2. The van der Waals surface area contributed by atoms with Gasteiger partial charge in [-0.05, 0) is 52.3 Å². The quantitative estimate of drug-likeness (QED) is 0.538. The molecular formula is C20H21N3O4. The summed E-state index contributed by atoms with van der Waals surface area (Å²) in [5, 5.41) is 7.99. The van der Waals surface area contributed by atoms with Crippen LogP contribution < -0.4 is 0 Å². The van der Waals surface area contributed by atoms with Crippen molar-refractivity contribution in [1.82, 2.24) is 15.2 Å². The summed E-state index contributed by atoms with van der Waals surface area (Å²) in [4.78, 5) is 27.1. The molecule has 1 N–H and O–H groups in total. The van der Waals surface area contributed by atoms with Crippen molar-refractivity contribution in [2.75, 3.05) is 0 Å². The average Bonchev–Trinajstić information content (AvgIpc) is 3.20. The standard InChI is InChI=1S/C20H21N3O4/c1-10-6-8-15(9-7-10)19-23-22-18(27-19)14(5)26-20(25)17-11(2)16(13(4)24)12(3)21-17/h6-9,14,21H,1-5H3. The highest BCUT2D eigenvalue weighted by Crippen LogP contribution is 2.25. The Labute approximate surface area is 156 Å². The summed E-state index contributed by atoms with van der Waals surface area (Å²) in [5.74, 6) is -0.121. The number of benzene rings is 1. The molecule has 1 unspecified atom stereocenters. The fourth-order valence-corrected chi connectivity index (χ4v) is 2.96. The number of aromatic amines is 1. The van der Waals surface area contributed by atoms with Gasteiger partial charge in [-0.1, -0.05) is 17.7 Å². The minimum absolute atomic E-state index is 0.104. The first-order chi connectivity index (χ1) is 12.8. The van der Waals surface area contributed by atoms with Crippen LogP contribution in [0.15, 0.2) is 28.7 Å². The number of nitrogens with one attached hydrogen (secondary N) is 1. The Bertz CT molecular complexity index is 999. The van der Waals surface area contributed by atoms with Gasteiger partial charge >= 0.3 is 5.97 Å². The summed E-state index contributed by atoms with van der Waals surface area (Å²) in [6, 6.07) is 7.67. The van der Waals surface area contributed by atoms with Crippen LogP contribution in [0.3, 0.4) is 0 Å². The Kier molecular flexibility index (Phi) is 4.94. The van der Waals surface area contributed by atoms with E-state index in [4.69, 9.17) is 9.15 Å².